The summed E-state index contributed by atoms with van der Waals surface area (Å²) in [6.07, 6.45) is 4.52. The van der Waals surface area contributed by atoms with Gasteiger partial charge >= 0.3 is 11.5 Å². The molecule has 0 aliphatic carbocycles. The molecule has 3 heterocycles. The monoisotopic (exact) mass is 492 g/mol. The van der Waals surface area contributed by atoms with Gasteiger partial charge in [-0.1, -0.05) is 0 Å². The summed E-state index contributed by atoms with van der Waals surface area (Å²) in [4.78, 5) is 46.9. The molecule has 1 aromatic carbocycles. The molecule has 4 amide bonds. The molecule has 1 aromatic heterocycles. The molecule has 1 unspecified atom stereocenters. The minimum atomic E-state index is -4.43. The Hall–Kier alpha value is -3.08. The SMILES string of the molecule is CC1C(=O)N(c2ccc(SC(F)(F)F)cc2)C(=O)N1Cc1ccnc(C(=O)N2CCCCC2)c1. The maximum absolute atomic E-state index is 13.1. The number of aromatic nitrogens is 1. The molecule has 7 nitrogen and oxygen atoms in total. The van der Waals surface area contributed by atoms with Crippen LogP contribution in [0.15, 0.2) is 47.5 Å². The van der Waals surface area contributed by atoms with Gasteiger partial charge in [0.2, 0.25) is 0 Å². The number of amides is 4. The molecular formula is C23H23F3N4O3S. The van der Waals surface area contributed by atoms with Crippen LogP contribution in [0.4, 0.5) is 23.7 Å². The van der Waals surface area contributed by atoms with Crippen LogP contribution in [0.5, 0.6) is 0 Å². The van der Waals surface area contributed by atoms with Crippen molar-refractivity contribution in [1.29, 1.82) is 0 Å². The van der Waals surface area contributed by atoms with Gasteiger partial charge in [0.25, 0.3) is 11.8 Å². The lowest BCUT2D eigenvalue weighted by Crippen LogP contribution is -2.36. The number of hydrogen-bond donors (Lipinski definition) is 0. The third-order valence-electron chi connectivity index (χ3n) is 5.85. The predicted octanol–water partition coefficient (Wildman–Crippen LogP) is 4.68. The highest BCUT2D eigenvalue weighted by atomic mass is 32.2. The molecule has 34 heavy (non-hydrogen) atoms. The zero-order chi connectivity index (χ0) is 24.5. The van der Waals surface area contributed by atoms with Crippen LogP contribution in [-0.4, -0.2) is 57.3 Å². The Kier molecular flexibility index (Phi) is 6.83. The first-order valence-electron chi connectivity index (χ1n) is 10.9. The van der Waals surface area contributed by atoms with Crippen LogP contribution < -0.4 is 4.90 Å². The first-order chi connectivity index (χ1) is 16.1. The summed E-state index contributed by atoms with van der Waals surface area (Å²) < 4.78 is 37.7. The number of likely N-dealkylation sites (tertiary alicyclic amines) is 1. The molecule has 0 bridgehead atoms. The number of imide groups is 1. The van der Waals surface area contributed by atoms with Crippen molar-refractivity contribution in [3.63, 3.8) is 0 Å². The molecule has 11 heteroatoms. The Balaban J connectivity index is 1.49. The molecule has 1 atom stereocenters. The van der Waals surface area contributed by atoms with Crippen LogP contribution in [0.3, 0.4) is 0 Å². The molecule has 2 fully saturated rings. The van der Waals surface area contributed by atoms with Gasteiger partial charge in [-0.25, -0.2) is 9.69 Å². The molecule has 180 valence electrons. The Morgan fingerprint density at radius 3 is 2.41 bits per heavy atom. The maximum atomic E-state index is 13.1. The number of benzene rings is 1. The second kappa shape index (κ2) is 9.65. The smallest absolute Gasteiger partial charge is 0.337 e. The van der Waals surface area contributed by atoms with Crippen molar-refractivity contribution in [2.75, 3.05) is 18.0 Å². The normalized spacial score (nSPS) is 19.2. The number of alkyl halides is 3. The van der Waals surface area contributed by atoms with Gasteiger partial charge in [-0.05, 0) is 79.9 Å². The largest absolute Gasteiger partial charge is 0.446 e. The van der Waals surface area contributed by atoms with E-state index in [9.17, 15) is 27.6 Å². The van der Waals surface area contributed by atoms with E-state index in [4.69, 9.17) is 0 Å². The van der Waals surface area contributed by atoms with Gasteiger partial charge in [0.1, 0.15) is 11.7 Å². The highest BCUT2D eigenvalue weighted by Gasteiger charge is 2.43. The van der Waals surface area contributed by atoms with Crippen LogP contribution in [0, 0.1) is 0 Å². The average Bonchev–Trinajstić information content (AvgIpc) is 3.02. The van der Waals surface area contributed by atoms with Crippen molar-refractivity contribution < 1.29 is 27.6 Å². The highest BCUT2D eigenvalue weighted by Crippen LogP contribution is 2.38. The molecule has 0 radical (unpaired) electrons. The van der Waals surface area contributed by atoms with Crippen LogP contribution >= 0.6 is 11.8 Å². The second-order valence-electron chi connectivity index (χ2n) is 8.20. The summed E-state index contributed by atoms with van der Waals surface area (Å²) in [5.74, 6) is -0.628. The first kappa shape index (κ1) is 24.1. The Morgan fingerprint density at radius 1 is 1.09 bits per heavy atom. The van der Waals surface area contributed by atoms with Crippen LogP contribution in [-0.2, 0) is 11.3 Å². The number of rotatable bonds is 5. The Morgan fingerprint density at radius 2 is 1.76 bits per heavy atom. The summed E-state index contributed by atoms with van der Waals surface area (Å²) >= 11 is -0.265. The molecular weight excluding hydrogens is 469 g/mol. The van der Waals surface area contributed by atoms with E-state index in [1.807, 2.05) is 0 Å². The second-order valence-corrected chi connectivity index (χ2v) is 9.34. The average molecular weight is 493 g/mol. The fourth-order valence-corrected chi connectivity index (χ4v) is 4.63. The van der Waals surface area contributed by atoms with E-state index < -0.39 is 23.5 Å². The van der Waals surface area contributed by atoms with Crippen molar-refractivity contribution in [3.05, 3.63) is 53.9 Å². The number of pyridine rings is 1. The lowest BCUT2D eigenvalue weighted by Gasteiger charge is -2.26. The van der Waals surface area contributed by atoms with Gasteiger partial charge < -0.3 is 9.80 Å². The summed E-state index contributed by atoms with van der Waals surface area (Å²) in [5, 5.41) is 0. The number of urea groups is 1. The Bertz CT molecular complexity index is 1090. The van der Waals surface area contributed by atoms with E-state index in [-0.39, 0.29) is 34.8 Å². The minimum Gasteiger partial charge on any atom is -0.337 e. The summed E-state index contributed by atoms with van der Waals surface area (Å²) in [5.41, 5.74) is -3.28. The molecule has 2 aliphatic rings. The fraction of sp³-hybridized carbons (Fsp3) is 0.391. The summed E-state index contributed by atoms with van der Waals surface area (Å²) in [6.45, 7) is 3.06. The van der Waals surface area contributed by atoms with E-state index in [1.165, 1.54) is 35.4 Å². The van der Waals surface area contributed by atoms with Crippen molar-refractivity contribution in [1.82, 2.24) is 14.8 Å². The topological polar surface area (TPSA) is 73.8 Å². The van der Waals surface area contributed by atoms with Crippen LogP contribution in [0.1, 0.15) is 42.2 Å². The molecule has 0 N–H and O–H groups in total. The molecule has 2 aromatic rings. The van der Waals surface area contributed by atoms with Crippen molar-refractivity contribution in [2.24, 2.45) is 0 Å². The van der Waals surface area contributed by atoms with Gasteiger partial charge in [0.15, 0.2) is 0 Å². The molecule has 2 saturated heterocycles. The van der Waals surface area contributed by atoms with E-state index in [0.29, 0.717) is 24.3 Å². The van der Waals surface area contributed by atoms with Gasteiger partial charge in [-0.3, -0.25) is 14.6 Å². The standard InChI is InChI=1S/C23H23F3N4O3S/c1-15-20(31)30(17-5-7-18(8-6-17)34-23(24,25)26)22(33)29(15)14-16-9-10-27-19(13-16)21(32)28-11-3-2-4-12-28/h5-10,13,15H,2-4,11-12,14H2,1H3. The zero-order valence-corrected chi connectivity index (χ0v) is 19.2. The van der Waals surface area contributed by atoms with E-state index in [0.717, 1.165) is 24.2 Å². The van der Waals surface area contributed by atoms with Crippen molar-refractivity contribution in [3.8, 4) is 0 Å². The van der Waals surface area contributed by atoms with E-state index in [1.54, 1.807) is 24.0 Å². The molecule has 4 rings (SSSR count). The quantitative estimate of drug-likeness (QED) is 0.448. The maximum Gasteiger partial charge on any atom is 0.446 e. The third kappa shape index (κ3) is 5.19. The van der Waals surface area contributed by atoms with Crippen molar-refractivity contribution in [2.45, 2.75) is 49.2 Å². The Labute approximate surface area is 198 Å². The number of carbonyl (C=O) groups is 3. The first-order valence-corrected chi connectivity index (χ1v) is 11.7. The van der Waals surface area contributed by atoms with Crippen molar-refractivity contribution >= 4 is 35.3 Å². The number of carbonyl (C=O) groups excluding carboxylic acids is 3. The number of nitrogens with zero attached hydrogens (tertiary/aromatic N) is 4. The zero-order valence-electron chi connectivity index (χ0n) is 18.4. The van der Waals surface area contributed by atoms with E-state index >= 15 is 0 Å². The predicted molar refractivity (Wildman–Crippen MR) is 120 cm³/mol. The van der Waals surface area contributed by atoms with Gasteiger partial charge in [0.05, 0.1) is 5.69 Å². The van der Waals surface area contributed by atoms with Crippen LogP contribution in [0.25, 0.3) is 0 Å². The molecule has 0 spiro atoms. The number of thioether (sulfide) groups is 1. The fourth-order valence-electron chi connectivity index (χ4n) is 4.09. The van der Waals surface area contributed by atoms with Gasteiger partial charge in [-0.2, -0.15) is 13.2 Å². The summed E-state index contributed by atoms with van der Waals surface area (Å²) in [7, 11) is 0. The lowest BCUT2D eigenvalue weighted by molar-refractivity contribution is -0.119. The molecule has 0 saturated carbocycles. The highest BCUT2D eigenvalue weighted by molar-refractivity contribution is 8.00. The number of halogens is 3. The lowest BCUT2D eigenvalue weighted by atomic mass is 10.1. The molecule has 2 aliphatic heterocycles. The van der Waals surface area contributed by atoms with E-state index in [2.05, 4.69) is 4.98 Å². The number of anilines is 1. The number of hydrogen-bond acceptors (Lipinski definition) is 5. The minimum absolute atomic E-state index is 0.0389. The third-order valence-corrected chi connectivity index (χ3v) is 6.59. The number of piperidine rings is 1. The van der Waals surface area contributed by atoms with Gasteiger partial charge in [0, 0.05) is 30.7 Å². The summed E-state index contributed by atoms with van der Waals surface area (Å²) in [6, 6.07) is 7.06. The van der Waals surface area contributed by atoms with Crippen LogP contribution in [0.2, 0.25) is 0 Å². The van der Waals surface area contributed by atoms with Gasteiger partial charge in [-0.15, -0.1) is 0 Å².